The summed E-state index contributed by atoms with van der Waals surface area (Å²) in [6.07, 6.45) is 5.19. The van der Waals surface area contributed by atoms with Gasteiger partial charge in [-0.15, -0.1) is 0 Å². The summed E-state index contributed by atoms with van der Waals surface area (Å²) in [6.45, 7) is 4.72. The predicted octanol–water partition coefficient (Wildman–Crippen LogP) is 2.47. The molecule has 0 spiro atoms. The zero-order chi connectivity index (χ0) is 19.1. The number of nitrogens with one attached hydrogen (secondary N) is 1. The first kappa shape index (κ1) is 18.2. The van der Waals surface area contributed by atoms with Crippen LogP contribution in [-0.4, -0.2) is 45.8 Å². The lowest BCUT2D eigenvalue weighted by Gasteiger charge is -2.36. The van der Waals surface area contributed by atoms with Crippen LogP contribution in [0, 0.1) is 6.92 Å². The molecular weight excluding hydrogens is 340 g/mol. The summed E-state index contributed by atoms with van der Waals surface area (Å²) in [4.78, 5) is 28.3. The van der Waals surface area contributed by atoms with Crippen molar-refractivity contribution in [1.82, 2.24) is 20.0 Å². The molecule has 4 rings (SSSR count). The van der Waals surface area contributed by atoms with Crippen molar-refractivity contribution < 1.29 is 4.79 Å². The maximum Gasteiger partial charge on any atom is 0.276 e. The van der Waals surface area contributed by atoms with Crippen LogP contribution in [0.3, 0.4) is 0 Å². The Bertz CT molecular complexity index is 922. The Morgan fingerprint density at radius 3 is 2.63 bits per heavy atom. The smallest absolute Gasteiger partial charge is 0.276 e. The molecule has 2 aliphatic heterocycles. The van der Waals surface area contributed by atoms with Crippen LogP contribution < -0.4 is 10.7 Å². The van der Waals surface area contributed by atoms with Crippen molar-refractivity contribution in [3.05, 3.63) is 39.7 Å². The molecule has 3 atom stereocenters. The van der Waals surface area contributed by atoms with Crippen LogP contribution in [0.25, 0.3) is 10.9 Å². The Hall–Kier alpha value is -2.21. The molecule has 144 valence electrons. The van der Waals surface area contributed by atoms with E-state index < -0.39 is 0 Å². The van der Waals surface area contributed by atoms with Crippen LogP contribution >= 0.6 is 0 Å². The fraction of sp³-hybridized carbons (Fsp3) is 0.571. The first-order chi connectivity index (χ1) is 13.0. The minimum atomic E-state index is -0.331. The highest BCUT2D eigenvalue weighted by atomic mass is 16.2. The van der Waals surface area contributed by atoms with E-state index in [1.807, 2.05) is 23.7 Å². The molecule has 1 N–H and O–H groups in total. The first-order valence-corrected chi connectivity index (χ1v) is 10.0. The van der Waals surface area contributed by atoms with Gasteiger partial charge in [-0.05, 0) is 57.7 Å². The number of fused-ring (bicyclic) bond motifs is 3. The monoisotopic (exact) mass is 368 g/mol. The normalized spacial score (nSPS) is 25.1. The summed E-state index contributed by atoms with van der Waals surface area (Å²) in [5.74, 6) is -0.331. The fourth-order valence-corrected chi connectivity index (χ4v) is 4.83. The van der Waals surface area contributed by atoms with E-state index in [4.69, 9.17) is 0 Å². The van der Waals surface area contributed by atoms with E-state index in [0.29, 0.717) is 24.0 Å². The third kappa shape index (κ3) is 3.16. The van der Waals surface area contributed by atoms with Gasteiger partial charge in [0.25, 0.3) is 5.91 Å². The molecule has 2 bridgehead atoms. The molecule has 1 aromatic carbocycles. The quantitative estimate of drug-likeness (QED) is 0.900. The number of hydrogen-bond acceptors (Lipinski definition) is 4. The van der Waals surface area contributed by atoms with E-state index in [-0.39, 0.29) is 23.1 Å². The highest BCUT2D eigenvalue weighted by Crippen LogP contribution is 2.34. The number of piperidine rings is 1. The van der Waals surface area contributed by atoms with Gasteiger partial charge in [-0.3, -0.25) is 14.3 Å². The van der Waals surface area contributed by atoms with E-state index in [9.17, 15) is 9.59 Å². The second-order valence-corrected chi connectivity index (χ2v) is 8.06. The average Bonchev–Trinajstić information content (AvgIpc) is 2.85. The van der Waals surface area contributed by atoms with Crippen LogP contribution in [0.1, 0.15) is 55.1 Å². The van der Waals surface area contributed by atoms with E-state index in [1.54, 1.807) is 6.07 Å². The van der Waals surface area contributed by atoms with Crippen LogP contribution in [0.15, 0.2) is 23.0 Å². The molecule has 1 aromatic heterocycles. The van der Waals surface area contributed by atoms with E-state index >= 15 is 0 Å². The standard InChI is InChI=1S/C21H28N4O2/c1-4-10-25-19-13(2)6-5-7-17(19)20(26)18(23-25)21(27)22-14-11-15-8-9-16(12-14)24(15)3/h5-7,14-16H,4,8-12H2,1-3H3,(H,22,27)/t14?,15-,16+. The molecule has 2 aromatic rings. The number of benzene rings is 1. The molecule has 2 saturated heterocycles. The van der Waals surface area contributed by atoms with Crippen molar-refractivity contribution in [3.63, 3.8) is 0 Å². The van der Waals surface area contributed by atoms with Crippen LogP contribution in [0.4, 0.5) is 0 Å². The molecule has 2 aliphatic rings. The highest BCUT2D eigenvalue weighted by molar-refractivity contribution is 5.96. The van der Waals surface area contributed by atoms with E-state index in [0.717, 1.165) is 30.3 Å². The second kappa shape index (κ2) is 7.08. The predicted molar refractivity (Wildman–Crippen MR) is 106 cm³/mol. The topological polar surface area (TPSA) is 67.2 Å². The molecule has 1 amide bonds. The number of carbonyl (C=O) groups excluding carboxylic acids is 1. The fourth-order valence-electron chi connectivity index (χ4n) is 4.83. The molecule has 27 heavy (non-hydrogen) atoms. The van der Waals surface area contributed by atoms with Crippen LogP contribution in [0.2, 0.25) is 0 Å². The van der Waals surface area contributed by atoms with Crippen LogP contribution in [0.5, 0.6) is 0 Å². The summed E-state index contributed by atoms with van der Waals surface area (Å²) < 4.78 is 1.82. The third-order valence-electron chi connectivity index (χ3n) is 6.26. The van der Waals surface area contributed by atoms with Gasteiger partial charge in [0.2, 0.25) is 5.43 Å². The summed E-state index contributed by atoms with van der Waals surface area (Å²) >= 11 is 0. The van der Waals surface area contributed by atoms with Gasteiger partial charge >= 0.3 is 0 Å². The summed E-state index contributed by atoms with van der Waals surface area (Å²) in [5, 5.41) is 8.15. The molecule has 0 saturated carbocycles. The summed E-state index contributed by atoms with van der Waals surface area (Å²) in [7, 11) is 2.18. The number of carbonyl (C=O) groups is 1. The first-order valence-electron chi connectivity index (χ1n) is 10.0. The van der Waals surface area contributed by atoms with Gasteiger partial charge in [-0.2, -0.15) is 5.10 Å². The Kier molecular flexibility index (Phi) is 4.76. The Morgan fingerprint density at radius 2 is 1.96 bits per heavy atom. The van der Waals surface area contributed by atoms with Gasteiger partial charge < -0.3 is 10.2 Å². The highest BCUT2D eigenvalue weighted by Gasteiger charge is 2.39. The molecule has 6 heteroatoms. The Labute approximate surface area is 159 Å². The molecule has 0 radical (unpaired) electrons. The second-order valence-electron chi connectivity index (χ2n) is 8.06. The van der Waals surface area contributed by atoms with Crippen LogP contribution in [-0.2, 0) is 6.54 Å². The van der Waals surface area contributed by atoms with Crippen molar-refractivity contribution in [2.45, 2.75) is 70.6 Å². The van der Waals surface area contributed by atoms with Gasteiger partial charge in [-0.1, -0.05) is 19.1 Å². The molecule has 0 aliphatic carbocycles. The minimum Gasteiger partial charge on any atom is -0.348 e. The van der Waals surface area contributed by atoms with Crippen molar-refractivity contribution in [2.75, 3.05) is 7.05 Å². The lowest BCUT2D eigenvalue weighted by Crippen LogP contribution is -2.49. The number of aromatic nitrogens is 2. The van der Waals surface area contributed by atoms with Gasteiger partial charge in [0.05, 0.1) is 10.9 Å². The lowest BCUT2D eigenvalue weighted by molar-refractivity contribution is 0.0874. The third-order valence-corrected chi connectivity index (χ3v) is 6.26. The molecular formula is C21H28N4O2. The van der Waals surface area contributed by atoms with E-state index in [1.165, 1.54) is 12.8 Å². The zero-order valence-corrected chi connectivity index (χ0v) is 16.4. The van der Waals surface area contributed by atoms with E-state index in [2.05, 4.69) is 29.3 Å². The maximum absolute atomic E-state index is 13.0. The lowest BCUT2D eigenvalue weighted by atomic mass is 9.98. The number of nitrogens with zero attached hydrogens (tertiary/aromatic N) is 3. The van der Waals surface area contributed by atoms with Gasteiger partial charge in [0.15, 0.2) is 5.69 Å². The van der Waals surface area contributed by atoms with Gasteiger partial charge in [0, 0.05) is 24.7 Å². The number of para-hydroxylation sites is 1. The van der Waals surface area contributed by atoms with Crippen molar-refractivity contribution in [3.8, 4) is 0 Å². The maximum atomic E-state index is 13.0. The van der Waals surface area contributed by atoms with Crippen molar-refractivity contribution in [2.24, 2.45) is 0 Å². The number of aryl methyl sites for hydroxylation is 2. The van der Waals surface area contributed by atoms with Crippen molar-refractivity contribution >= 4 is 16.8 Å². The molecule has 1 unspecified atom stereocenters. The average molecular weight is 368 g/mol. The zero-order valence-electron chi connectivity index (χ0n) is 16.4. The summed E-state index contributed by atoms with van der Waals surface area (Å²) in [5.41, 5.74) is 1.59. The van der Waals surface area contributed by atoms with Gasteiger partial charge in [0.1, 0.15) is 0 Å². The number of rotatable bonds is 4. The minimum absolute atomic E-state index is 0.0211. The summed E-state index contributed by atoms with van der Waals surface area (Å²) in [6, 6.07) is 6.84. The molecule has 2 fully saturated rings. The molecule has 6 nitrogen and oxygen atoms in total. The number of hydrogen-bond donors (Lipinski definition) is 1. The molecule has 3 heterocycles. The number of amides is 1. The van der Waals surface area contributed by atoms with Gasteiger partial charge in [-0.25, -0.2) is 0 Å². The largest absolute Gasteiger partial charge is 0.348 e. The van der Waals surface area contributed by atoms with Crippen molar-refractivity contribution in [1.29, 1.82) is 0 Å². The SMILES string of the molecule is CCCn1nc(C(=O)NC2C[C@H]3CC[C@@H](C2)N3C)c(=O)c2cccc(C)c21. The Morgan fingerprint density at radius 1 is 1.26 bits per heavy atom. The Balaban J connectivity index is 1.66.